The molecule has 0 radical (unpaired) electrons. The standard InChI is InChI=1S/C15H18N2O2/c1-3-11-4-5-12(17-9-11)8-14(18)13-6-7-16-10-15(13)19-2/h4-7,9-10,14,18H,3,8H2,1-2H3. The third kappa shape index (κ3) is 3.29. The van der Waals surface area contributed by atoms with Gasteiger partial charge in [0.15, 0.2) is 0 Å². The van der Waals surface area contributed by atoms with Gasteiger partial charge >= 0.3 is 0 Å². The lowest BCUT2D eigenvalue weighted by atomic mass is 10.0. The maximum atomic E-state index is 10.3. The van der Waals surface area contributed by atoms with Crippen LogP contribution in [0.4, 0.5) is 0 Å². The van der Waals surface area contributed by atoms with Crippen LogP contribution in [0.5, 0.6) is 5.75 Å². The van der Waals surface area contributed by atoms with Gasteiger partial charge in [-0.05, 0) is 24.1 Å². The number of nitrogens with zero attached hydrogens (tertiary/aromatic N) is 2. The molecule has 0 aromatic carbocycles. The van der Waals surface area contributed by atoms with E-state index < -0.39 is 6.10 Å². The molecule has 0 aliphatic carbocycles. The normalized spacial score (nSPS) is 12.2. The van der Waals surface area contributed by atoms with Gasteiger partial charge < -0.3 is 9.84 Å². The Kier molecular flexibility index (Phi) is 4.47. The van der Waals surface area contributed by atoms with Crippen LogP contribution in [0.25, 0.3) is 0 Å². The number of aryl methyl sites for hydroxylation is 1. The van der Waals surface area contributed by atoms with Crippen LogP contribution in [0, 0.1) is 0 Å². The van der Waals surface area contributed by atoms with Crippen LogP contribution in [0.2, 0.25) is 0 Å². The molecule has 2 aromatic rings. The smallest absolute Gasteiger partial charge is 0.142 e. The number of aromatic nitrogens is 2. The first-order valence-corrected chi connectivity index (χ1v) is 6.34. The minimum absolute atomic E-state index is 0.463. The first kappa shape index (κ1) is 13.5. The Bertz CT molecular complexity index is 526. The van der Waals surface area contributed by atoms with Gasteiger partial charge in [0, 0.05) is 30.1 Å². The Morgan fingerprint density at radius 1 is 1.26 bits per heavy atom. The topological polar surface area (TPSA) is 55.2 Å². The third-order valence-corrected chi connectivity index (χ3v) is 3.09. The summed E-state index contributed by atoms with van der Waals surface area (Å²) in [6, 6.07) is 5.76. The zero-order valence-corrected chi connectivity index (χ0v) is 11.2. The van der Waals surface area contributed by atoms with Gasteiger partial charge in [-0.1, -0.05) is 13.0 Å². The molecule has 2 rings (SSSR count). The molecule has 0 aliphatic rings. The van der Waals surface area contributed by atoms with Crippen molar-refractivity contribution in [3.05, 3.63) is 53.6 Å². The van der Waals surface area contributed by atoms with Gasteiger partial charge in [0.1, 0.15) is 5.75 Å². The molecule has 0 fully saturated rings. The second-order valence-corrected chi connectivity index (χ2v) is 4.35. The van der Waals surface area contributed by atoms with Gasteiger partial charge in [-0.15, -0.1) is 0 Å². The van der Waals surface area contributed by atoms with Crippen molar-refractivity contribution in [2.75, 3.05) is 7.11 Å². The summed E-state index contributed by atoms with van der Waals surface area (Å²) in [5, 5.41) is 10.3. The summed E-state index contributed by atoms with van der Waals surface area (Å²) in [5.41, 5.74) is 2.79. The second kappa shape index (κ2) is 6.29. The van der Waals surface area contributed by atoms with Crippen LogP contribution in [0.3, 0.4) is 0 Å². The van der Waals surface area contributed by atoms with E-state index in [0.717, 1.165) is 17.7 Å². The monoisotopic (exact) mass is 258 g/mol. The van der Waals surface area contributed by atoms with E-state index in [1.807, 2.05) is 18.3 Å². The van der Waals surface area contributed by atoms with Crippen LogP contribution >= 0.6 is 0 Å². The molecule has 2 heterocycles. The highest BCUT2D eigenvalue weighted by atomic mass is 16.5. The summed E-state index contributed by atoms with van der Waals surface area (Å²) >= 11 is 0. The minimum Gasteiger partial charge on any atom is -0.495 e. The van der Waals surface area contributed by atoms with Gasteiger partial charge in [-0.2, -0.15) is 0 Å². The third-order valence-electron chi connectivity index (χ3n) is 3.09. The molecule has 4 heteroatoms. The number of aliphatic hydroxyl groups excluding tert-OH is 1. The quantitative estimate of drug-likeness (QED) is 0.894. The number of hydrogen-bond donors (Lipinski definition) is 1. The fourth-order valence-corrected chi connectivity index (χ4v) is 1.93. The summed E-state index contributed by atoms with van der Waals surface area (Å²) in [4.78, 5) is 8.33. The molecule has 0 saturated heterocycles. The van der Waals surface area contributed by atoms with Crippen LogP contribution in [0.15, 0.2) is 36.8 Å². The maximum Gasteiger partial charge on any atom is 0.142 e. The van der Waals surface area contributed by atoms with E-state index in [0.29, 0.717) is 12.2 Å². The van der Waals surface area contributed by atoms with Crippen molar-refractivity contribution >= 4 is 0 Å². The van der Waals surface area contributed by atoms with Crippen molar-refractivity contribution in [3.8, 4) is 5.75 Å². The molecule has 0 amide bonds. The predicted molar refractivity (Wildman–Crippen MR) is 73.1 cm³/mol. The Hall–Kier alpha value is -1.94. The van der Waals surface area contributed by atoms with Crippen molar-refractivity contribution in [2.24, 2.45) is 0 Å². The average molecular weight is 258 g/mol. The van der Waals surface area contributed by atoms with E-state index in [-0.39, 0.29) is 0 Å². The zero-order valence-electron chi connectivity index (χ0n) is 11.2. The van der Waals surface area contributed by atoms with Crippen LogP contribution < -0.4 is 4.74 Å². The molecule has 0 saturated carbocycles. The summed E-state index contributed by atoms with van der Waals surface area (Å²) < 4.78 is 5.20. The zero-order chi connectivity index (χ0) is 13.7. The first-order valence-electron chi connectivity index (χ1n) is 6.34. The fraction of sp³-hybridized carbons (Fsp3) is 0.333. The van der Waals surface area contributed by atoms with E-state index in [1.54, 1.807) is 25.6 Å². The molecular weight excluding hydrogens is 240 g/mol. The molecule has 0 spiro atoms. The van der Waals surface area contributed by atoms with E-state index in [4.69, 9.17) is 4.74 Å². The van der Waals surface area contributed by atoms with Gasteiger partial charge in [-0.3, -0.25) is 9.97 Å². The largest absolute Gasteiger partial charge is 0.495 e. The molecule has 1 unspecified atom stereocenters. The molecule has 19 heavy (non-hydrogen) atoms. The predicted octanol–water partition coefficient (Wildman–Crippen LogP) is 2.32. The average Bonchev–Trinajstić information content (AvgIpc) is 2.48. The minimum atomic E-state index is -0.641. The second-order valence-electron chi connectivity index (χ2n) is 4.35. The highest BCUT2D eigenvalue weighted by Crippen LogP contribution is 2.25. The Balaban J connectivity index is 2.13. The Morgan fingerprint density at radius 3 is 2.74 bits per heavy atom. The molecule has 1 atom stereocenters. The summed E-state index contributed by atoms with van der Waals surface area (Å²) in [5.74, 6) is 0.597. The Labute approximate surface area is 113 Å². The van der Waals surface area contributed by atoms with E-state index in [2.05, 4.69) is 16.9 Å². The molecule has 1 N–H and O–H groups in total. The molecule has 4 nitrogen and oxygen atoms in total. The van der Waals surface area contributed by atoms with Crippen LogP contribution in [0.1, 0.15) is 29.8 Å². The SMILES string of the molecule is CCc1ccc(CC(O)c2ccncc2OC)nc1. The molecule has 100 valence electrons. The molecule has 0 bridgehead atoms. The molecular formula is C15H18N2O2. The molecule has 2 aromatic heterocycles. The van der Waals surface area contributed by atoms with Gasteiger partial charge in [0.25, 0.3) is 0 Å². The summed E-state index contributed by atoms with van der Waals surface area (Å²) in [7, 11) is 1.57. The number of methoxy groups -OCH3 is 1. The maximum absolute atomic E-state index is 10.3. The lowest BCUT2D eigenvalue weighted by Crippen LogP contribution is -2.05. The van der Waals surface area contributed by atoms with Gasteiger partial charge in [0.05, 0.1) is 19.4 Å². The molecule has 0 aliphatic heterocycles. The van der Waals surface area contributed by atoms with Crippen molar-refractivity contribution in [2.45, 2.75) is 25.9 Å². The van der Waals surface area contributed by atoms with Crippen molar-refractivity contribution in [1.82, 2.24) is 9.97 Å². The lowest BCUT2D eigenvalue weighted by Gasteiger charge is -2.14. The van der Waals surface area contributed by atoms with Crippen molar-refractivity contribution in [1.29, 1.82) is 0 Å². The first-order chi connectivity index (χ1) is 9.24. The number of rotatable bonds is 5. The van der Waals surface area contributed by atoms with Crippen molar-refractivity contribution < 1.29 is 9.84 Å². The Morgan fingerprint density at radius 2 is 2.11 bits per heavy atom. The van der Waals surface area contributed by atoms with Gasteiger partial charge in [0.2, 0.25) is 0 Å². The van der Waals surface area contributed by atoms with Crippen molar-refractivity contribution in [3.63, 3.8) is 0 Å². The highest BCUT2D eigenvalue weighted by molar-refractivity contribution is 5.32. The fourth-order valence-electron chi connectivity index (χ4n) is 1.93. The highest BCUT2D eigenvalue weighted by Gasteiger charge is 2.14. The van der Waals surface area contributed by atoms with E-state index in [9.17, 15) is 5.11 Å². The lowest BCUT2D eigenvalue weighted by molar-refractivity contribution is 0.172. The van der Waals surface area contributed by atoms with E-state index in [1.165, 1.54) is 5.56 Å². The van der Waals surface area contributed by atoms with E-state index >= 15 is 0 Å². The number of pyridine rings is 2. The number of aliphatic hydroxyl groups is 1. The van der Waals surface area contributed by atoms with Gasteiger partial charge in [-0.25, -0.2) is 0 Å². The number of hydrogen-bond acceptors (Lipinski definition) is 4. The number of ether oxygens (including phenoxy) is 1. The summed E-state index contributed by atoms with van der Waals surface area (Å²) in [6.07, 6.45) is 5.89. The van der Waals surface area contributed by atoms with Crippen LogP contribution in [-0.4, -0.2) is 22.2 Å². The van der Waals surface area contributed by atoms with Crippen LogP contribution in [-0.2, 0) is 12.8 Å². The summed E-state index contributed by atoms with van der Waals surface area (Å²) in [6.45, 7) is 2.09.